The number of nitriles is 1. The highest BCUT2D eigenvalue weighted by atomic mass is 32.1. The number of nitrogens with zero attached hydrogens (tertiary/aromatic N) is 1. The largest absolute Gasteiger partial charge is 0.469 e. The van der Waals surface area contributed by atoms with E-state index in [0.29, 0.717) is 42.7 Å². The topological polar surface area (TPSA) is 105 Å². The van der Waals surface area contributed by atoms with Crippen molar-refractivity contribution in [3.63, 3.8) is 0 Å². The molecule has 174 valence electrons. The zero-order chi connectivity index (χ0) is 23.8. The number of methoxy groups -OCH3 is 1. The highest BCUT2D eigenvalue weighted by Crippen LogP contribution is 2.45. The maximum atomic E-state index is 12.8. The van der Waals surface area contributed by atoms with Gasteiger partial charge >= 0.3 is 11.9 Å². The van der Waals surface area contributed by atoms with E-state index < -0.39 is 11.4 Å². The molecule has 0 saturated heterocycles. The van der Waals surface area contributed by atoms with Gasteiger partial charge in [-0.1, -0.05) is 30.3 Å². The van der Waals surface area contributed by atoms with Crippen LogP contribution in [0.1, 0.15) is 65.4 Å². The van der Waals surface area contributed by atoms with E-state index in [1.54, 1.807) is 6.92 Å². The van der Waals surface area contributed by atoms with Crippen LogP contribution in [0.4, 0.5) is 5.00 Å². The molecule has 0 aliphatic heterocycles. The smallest absolute Gasteiger partial charge is 0.341 e. The molecule has 0 radical (unpaired) electrons. The molecule has 1 aromatic heterocycles. The minimum absolute atomic E-state index is 0.224. The van der Waals surface area contributed by atoms with Crippen LogP contribution in [0.15, 0.2) is 30.3 Å². The zero-order valence-corrected chi connectivity index (χ0v) is 19.8. The van der Waals surface area contributed by atoms with Gasteiger partial charge in [-0.3, -0.25) is 9.59 Å². The van der Waals surface area contributed by atoms with Gasteiger partial charge in [-0.05, 0) is 43.7 Å². The zero-order valence-electron chi connectivity index (χ0n) is 18.9. The second kappa shape index (κ2) is 11.1. The Bertz CT molecular complexity index is 1060. The number of fused-ring (bicyclic) bond motifs is 1. The first-order valence-corrected chi connectivity index (χ1v) is 11.9. The molecule has 1 aliphatic rings. The third-order valence-corrected chi connectivity index (χ3v) is 7.04. The lowest BCUT2D eigenvalue weighted by Crippen LogP contribution is -2.31. The van der Waals surface area contributed by atoms with Crippen molar-refractivity contribution in [2.75, 3.05) is 19.0 Å². The lowest BCUT2D eigenvalue weighted by molar-refractivity contribution is -0.140. The predicted octanol–water partition coefficient (Wildman–Crippen LogP) is 4.55. The quantitative estimate of drug-likeness (QED) is 0.428. The number of carbonyl (C=O) groups is 3. The normalized spacial score (nSPS) is 16.9. The third-order valence-electron chi connectivity index (χ3n) is 5.89. The standard InChI is InChI=1S/C25H28N2O5S/c1-3-32-24(30)22-18-13-14-25(16-26,17-9-5-4-6-10-17)15-19(18)33-23(22)27-20(28)11-7-8-12-21(29)31-2/h4-6,9-10H,3,7-8,11-15H2,1-2H3,(H,27,28). The number of rotatable bonds is 9. The van der Waals surface area contributed by atoms with Gasteiger partial charge in [0.1, 0.15) is 5.00 Å². The number of ether oxygens (including phenoxy) is 2. The maximum Gasteiger partial charge on any atom is 0.341 e. The number of benzene rings is 1. The van der Waals surface area contributed by atoms with Crippen molar-refractivity contribution in [2.45, 2.75) is 57.3 Å². The molecule has 2 aromatic rings. The van der Waals surface area contributed by atoms with Crippen LogP contribution in [-0.2, 0) is 37.3 Å². The van der Waals surface area contributed by atoms with Gasteiger partial charge in [0.2, 0.25) is 5.91 Å². The first-order chi connectivity index (χ1) is 15.9. The fraction of sp³-hybridized carbons (Fsp3) is 0.440. The van der Waals surface area contributed by atoms with E-state index in [2.05, 4.69) is 16.1 Å². The van der Waals surface area contributed by atoms with Crippen LogP contribution in [0.2, 0.25) is 0 Å². The van der Waals surface area contributed by atoms with Crippen molar-refractivity contribution in [1.82, 2.24) is 0 Å². The molecule has 8 heteroatoms. The van der Waals surface area contributed by atoms with E-state index >= 15 is 0 Å². The van der Waals surface area contributed by atoms with Crippen LogP contribution in [0.3, 0.4) is 0 Å². The number of esters is 2. The Morgan fingerprint density at radius 1 is 1.18 bits per heavy atom. The Morgan fingerprint density at radius 2 is 1.91 bits per heavy atom. The van der Waals surface area contributed by atoms with Crippen LogP contribution in [0.5, 0.6) is 0 Å². The summed E-state index contributed by atoms with van der Waals surface area (Å²) in [5.74, 6) is -0.982. The van der Waals surface area contributed by atoms with Crippen molar-refractivity contribution in [2.24, 2.45) is 0 Å². The van der Waals surface area contributed by atoms with Crippen molar-refractivity contribution in [3.8, 4) is 6.07 Å². The van der Waals surface area contributed by atoms with Gasteiger partial charge in [-0.15, -0.1) is 11.3 Å². The summed E-state index contributed by atoms with van der Waals surface area (Å²) in [4.78, 5) is 37.5. The molecule has 0 saturated carbocycles. The first-order valence-electron chi connectivity index (χ1n) is 11.1. The lowest BCUT2D eigenvalue weighted by Gasteiger charge is -2.31. The number of unbranched alkanes of at least 4 members (excludes halogenated alkanes) is 1. The van der Waals surface area contributed by atoms with E-state index in [-0.39, 0.29) is 31.3 Å². The molecule has 1 heterocycles. The molecule has 7 nitrogen and oxygen atoms in total. The molecule has 0 fully saturated rings. The molecule has 1 aliphatic carbocycles. The van der Waals surface area contributed by atoms with Crippen molar-refractivity contribution < 1.29 is 23.9 Å². The number of nitrogens with one attached hydrogen (secondary N) is 1. The number of carbonyl (C=O) groups excluding carboxylic acids is 3. The van der Waals surface area contributed by atoms with Crippen LogP contribution in [0, 0.1) is 11.3 Å². The number of amides is 1. The molecular weight excluding hydrogens is 440 g/mol. The second-order valence-electron chi connectivity index (χ2n) is 8.00. The molecule has 0 spiro atoms. The van der Waals surface area contributed by atoms with Gasteiger partial charge < -0.3 is 14.8 Å². The fourth-order valence-electron chi connectivity index (χ4n) is 4.14. The lowest BCUT2D eigenvalue weighted by atomic mass is 9.70. The Hall–Kier alpha value is -3.18. The Balaban J connectivity index is 1.82. The van der Waals surface area contributed by atoms with Gasteiger partial charge in [0.15, 0.2) is 0 Å². The summed E-state index contributed by atoms with van der Waals surface area (Å²) in [6.45, 7) is 1.98. The molecule has 3 rings (SSSR count). The van der Waals surface area contributed by atoms with Crippen molar-refractivity contribution in [3.05, 3.63) is 51.9 Å². The SMILES string of the molecule is CCOC(=O)c1c(NC(=O)CCCCC(=O)OC)sc2c1CCC(C#N)(c1ccccc1)C2. The molecule has 33 heavy (non-hydrogen) atoms. The monoisotopic (exact) mass is 468 g/mol. The summed E-state index contributed by atoms with van der Waals surface area (Å²) < 4.78 is 9.89. The molecular formula is C25H28N2O5S. The summed E-state index contributed by atoms with van der Waals surface area (Å²) in [5.41, 5.74) is 1.56. The van der Waals surface area contributed by atoms with Crippen LogP contribution < -0.4 is 5.32 Å². The van der Waals surface area contributed by atoms with Crippen LogP contribution >= 0.6 is 11.3 Å². The molecule has 1 amide bonds. The summed E-state index contributed by atoms with van der Waals surface area (Å²) in [6, 6.07) is 12.2. The molecule has 1 aromatic carbocycles. The summed E-state index contributed by atoms with van der Waals surface area (Å²) in [5, 5.41) is 13.4. The van der Waals surface area contributed by atoms with E-state index in [0.717, 1.165) is 16.0 Å². The van der Waals surface area contributed by atoms with Crippen LogP contribution in [-0.4, -0.2) is 31.6 Å². The summed E-state index contributed by atoms with van der Waals surface area (Å²) >= 11 is 1.35. The predicted molar refractivity (Wildman–Crippen MR) is 125 cm³/mol. The molecule has 0 bridgehead atoms. The minimum Gasteiger partial charge on any atom is -0.469 e. The average molecular weight is 469 g/mol. The highest BCUT2D eigenvalue weighted by molar-refractivity contribution is 7.17. The first kappa shape index (κ1) is 24.5. The fourth-order valence-corrected chi connectivity index (χ4v) is 5.50. The van der Waals surface area contributed by atoms with Crippen molar-refractivity contribution in [1.29, 1.82) is 5.26 Å². The summed E-state index contributed by atoms with van der Waals surface area (Å²) in [6.07, 6.45) is 3.20. The Morgan fingerprint density at radius 3 is 2.58 bits per heavy atom. The van der Waals surface area contributed by atoms with Gasteiger partial charge in [0.05, 0.1) is 30.8 Å². The number of anilines is 1. The average Bonchev–Trinajstić information content (AvgIpc) is 3.18. The molecule has 1 unspecified atom stereocenters. The van der Waals surface area contributed by atoms with E-state index in [1.165, 1.54) is 18.4 Å². The Kier molecular flexibility index (Phi) is 8.23. The highest BCUT2D eigenvalue weighted by Gasteiger charge is 2.40. The summed E-state index contributed by atoms with van der Waals surface area (Å²) in [7, 11) is 1.34. The Labute approximate surface area is 197 Å². The second-order valence-corrected chi connectivity index (χ2v) is 9.10. The molecule has 1 N–H and O–H groups in total. The van der Waals surface area contributed by atoms with Gasteiger partial charge in [0.25, 0.3) is 0 Å². The maximum absolute atomic E-state index is 12.8. The van der Waals surface area contributed by atoms with Gasteiger partial charge in [-0.2, -0.15) is 5.26 Å². The van der Waals surface area contributed by atoms with E-state index in [1.807, 2.05) is 30.3 Å². The van der Waals surface area contributed by atoms with Crippen molar-refractivity contribution >= 4 is 34.2 Å². The van der Waals surface area contributed by atoms with E-state index in [9.17, 15) is 19.6 Å². The number of thiophene rings is 1. The van der Waals surface area contributed by atoms with E-state index in [4.69, 9.17) is 4.74 Å². The minimum atomic E-state index is -0.666. The third kappa shape index (κ3) is 5.60. The number of hydrogen-bond donors (Lipinski definition) is 1. The molecule has 1 atom stereocenters. The van der Waals surface area contributed by atoms with Gasteiger partial charge in [0, 0.05) is 24.1 Å². The van der Waals surface area contributed by atoms with Gasteiger partial charge in [-0.25, -0.2) is 4.79 Å². The number of hydrogen-bond acceptors (Lipinski definition) is 7. The van der Waals surface area contributed by atoms with Crippen LogP contribution in [0.25, 0.3) is 0 Å².